The fourth-order valence-corrected chi connectivity index (χ4v) is 0.279. The van der Waals surface area contributed by atoms with Gasteiger partial charge in [0.25, 0.3) is 0 Å². The van der Waals surface area contributed by atoms with Gasteiger partial charge in [-0.15, -0.1) is 0 Å². The Morgan fingerprint density at radius 2 is 1.00 bits per heavy atom. The van der Waals surface area contributed by atoms with Gasteiger partial charge in [0.2, 0.25) is 0 Å². The van der Waals surface area contributed by atoms with Gasteiger partial charge in [0.15, 0.2) is 0 Å². The van der Waals surface area contributed by atoms with Crippen molar-refractivity contribution in [3.63, 3.8) is 0 Å². The second-order valence-electron chi connectivity index (χ2n) is 1.31. The molecule has 0 aromatic heterocycles. The predicted octanol–water partition coefficient (Wildman–Crippen LogP) is -4.20. The predicted molar refractivity (Wildman–Crippen MR) is 37.1 cm³/mol. The maximum Gasteiger partial charge on any atom is 0.631 e. The number of hydrogen-bond acceptors (Lipinski definition) is 6. The van der Waals surface area contributed by atoms with Crippen molar-refractivity contribution in [1.29, 1.82) is 0 Å². The molecule has 0 atom stereocenters. The summed E-state index contributed by atoms with van der Waals surface area (Å²) >= 11 is 0. The topological polar surface area (TPSA) is 88.4 Å². The zero-order chi connectivity index (χ0) is 7.82. The Balaban J connectivity index is 0.000000180. The van der Waals surface area contributed by atoms with Crippen LogP contribution in [0.2, 0.25) is 0 Å². The van der Waals surface area contributed by atoms with E-state index in [4.69, 9.17) is 15.1 Å². The highest BCUT2D eigenvalue weighted by atomic mass is 16.7. The van der Waals surface area contributed by atoms with E-state index in [0.29, 0.717) is 23.1 Å². The Morgan fingerprint density at radius 3 is 1.10 bits per heavy atom. The van der Waals surface area contributed by atoms with Crippen LogP contribution in [0, 0.1) is 0 Å². The third-order valence-electron chi connectivity index (χ3n) is 0.500. The van der Waals surface area contributed by atoms with E-state index in [1.165, 1.54) is 0 Å². The first kappa shape index (κ1) is 10.0. The molecule has 6 nitrogen and oxygen atoms in total. The van der Waals surface area contributed by atoms with E-state index in [9.17, 15) is 0 Å². The van der Waals surface area contributed by atoms with Crippen molar-refractivity contribution in [3.8, 4) is 0 Å². The van der Waals surface area contributed by atoms with Gasteiger partial charge in [0.05, 0.1) is 0 Å². The van der Waals surface area contributed by atoms with E-state index in [1.807, 2.05) is 0 Å². The number of rotatable bonds is 0. The van der Waals surface area contributed by atoms with E-state index in [1.54, 1.807) is 0 Å². The molecular weight excluding hydrogens is 139 g/mol. The molecule has 1 heterocycles. The molecule has 10 heavy (non-hydrogen) atoms. The second-order valence-corrected chi connectivity index (χ2v) is 1.31. The standard InChI is InChI=1S/B3H3O3.BH3O3/c1-4-2-6-3-5-1;2-1(3)4/h1-3H;2-4H. The van der Waals surface area contributed by atoms with Crippen LogP contribution in [0.1, 0.15) is 0 Å². The van der Waals surface area contributed by atoms with E-state index in [0.717, 1.165) is 0 Å². The molecule has 0 spiro atoms. The monoisotopic (exact) mass is 146 g/mol. The Hall–Kier alpha value is 0.0197. The summed E-state index contributed by atoms with van der Waals surface area (Å²) in [6, 6.07) is 0. The normalized spacial score (nSPS) is 14.7. The molecule has 0 aromatic carbocycles. The average Bonchev–Trinajstić information content (AvgIpc) is 1.90. The van der Waals surface area contributed by atoms with Crippen molar-refractivity contribution in [2.45, 2.75) is 0 Å². The molecule has 3 N–H and O–H groups in total. The van der Waals surface area contributed by atoms with Crippen LogP contribution in [-0.2, 0) is 13.7 Å². The van der Waals surface area contributed by atoms with Crippen molar-refractivity contribution in [2.24, 2.45) is 0 Å². The highest BCUT2D eigenvalue weighted by molar-refractivity contribution is 6.50. The Bertz CT molecular complexity index is 46.5. The average molecular weight is 145 g/mol. The second kappa shape index (κ2) is 7.13. The first-order valence-electron chi connectivity index (χ1n) is 2.51. The minimum atomic E-state index is -2.17. The van der Waals surface area contributed by atoms with Gasteiger partial charge in [-0.25, -0.2) is 0 Å². The lowest BCUT2D eigenvalue weighted by Gasteiger charge is -2.07. The van der Waals surface area contributed by atoms with E-state index >= 15 is 0 Å². The Kier molecular flexibility index (Phi) is 7.14. The summed E-state index contributed by atoms with van der Waals surface area (Å²) in [5, 5.41) is 21.5. The van der Waals surface area contributed by atoms with Crippen LogP contribution in [-0.4, -0.2) is 45.4 Å². The van der Waals surface area contributed by atoms with Crippen LogP contribution in [0.25, 0.3) is 0 Å². The third kappa shape index (κ3) is 10.9. The van der Waals surface area contributed by atoms with Gasteiger partial charge in [-0.2, -0.15) is 0 Å². The summed E-state index contributed by atoms with van der Waals surface area (Å²) < 4.78 is 13.9. The fourth-order valence-electron chi connectivity index (χ4n) is 0.279. The molecule has 0 unspecified atom stereocenters. The maximum atomic E-state index is 7.17. The van der Waals surface area contributed by atoms with Crippen LogP contribution in [0.5, 0.6) is 0 Å². The van der Waals surface area contributed by atoms with Crippen LogP contribution < -0.4 is 0 Å². The molecule has 0 amide bonds. The summed E-state index contributed by atoms with van der Waals surface area (Å²) in [4.78, 5) is 0. The molecule has 1 aliphatic rings. The molecule has 0 aliphatic carbocycles. The van der Waals surface area contributed by atoms with Gasteiger partial charge in [0, 0.05) is 0 Å². The molecule has 54 valence electrons. The van der Waals surface area contributed by atoms with Gasteiger partial charge < -0.3 is 28.8 Å². The summed E-state index contributed by atoms with van der Waals surface area (Å²) in [6.07, 6.45) is 0. The van der Waals surface area contributed by atoms with E-state index in [2.05, 4.69) is 13.7 Å². The Morgan fingerprint density at radius 1 is 0.800 bits per heavy atom. The summed E-state index contributed by atoms with van der Waals surface area (Å²) in [6.45, 7) is 0. The van der Waals surface area contributed by atoms with Gasteiger partial charge in [-0.3, -0.25) is 0 Å². The smallest absolute Gasteiger partial charge is 0.458 e. The van der Waals surface area contributed by atoms with Crippen LogP contribution in [0.3, 0.4) is 0 Å². The zero-order valence-corrected chi connectivity index (χ0v) is 5.27. The zero-order valence-electron chi connectivity index (χ0n) is 5.27. The summed E-state index contributed by atoms with van der Waals surface area (Å²) in [7, 11) is -1.04. The van der Waals surface area contributed by atoms with Crippen molar-refractivity contribution < 1.29 is 28.8 Å². The SMILES string of the molecule is B1OBOBO1.OB(O)O. The quantitative estimate of drug-likeness (QED) is 0.300. The third-order valence-corrected chi connectivity index (χ3v) is 0.500. The van der Waals surface area contributed by atoms with Gasteiger partial charge in [0.1, 0.15) is 0 Å². The minimum Gasteiger partial charge on any atom is -0.458 e. The van der Waals surface area contributed by atoms with Gasteiger partial charge in [-0.1, -0.05) is 0 Å². The fraction of sp³-hybridized carbons (Fsp3) is 0. The molecule has 1 aliphatic heterocycles. The highest BCUT2D eigenvalue weighted by Gasteiger charge is 2.03. The molecule has 1 fully saturated rings. The Labute approximate surface area is 60.2 Å². The van der Waals surface area contributed by atoms with Crippen molar-refractivity contribution >= 4 is 30.4 Å². The van der Waals surface area contributed by atoms with Crippen LogP contribution in [0.4, 0.5) is 0 Å². The van der Waals surface area contributed by atoms with E-state index in [-0.39, 0.29) is 0 Å². The molecule has 0 bridgehead atoms. The first-order chi connectivity index (χ1) is 4.73. The summed E-state index contributed by atoms with van der Waals surface area (Å²) in [5.74, 6) is 0. The molecule has 0 saturated carbocycles. The lowest BCUT2D eigenvalue weighted by atomic mass is 10.1. The van der Waals surface area contributed by atoms with Crippen LogP contribution in [0.15, 0.2) is 0 Å². The lowest BCUT2D eigenvalue weighted by molar-refractivity contribution is 0.278. The number of hydrogen-bond donors (Lipinski definition) is 3. The molecule has 10 heteroatoms. The largest absolute Gasteiger partial charge is 0.631 e. The lowest BCUT2D eigenvalue weighted by Crippen LogP contribution is -2.23. The summed E-state index contributed by atoms with van der Waals surface area (Å²) in [5.41, 5.74) is 0. The van der Waals surface area contributed by atoms with Crippen molar-refractivity contribution in [3.05, 3.63) is 0 Å². The maximum absolute atomic E-state index is 7.17. The van der Waals surface area contributed by atoms with Crippen molar-refractivity contribution in [2.75, 3.05) is 0 Å². The van der Waals surface area contributed by atoms with E-state index < -0.39 is 7.32 Å². The molecule has 1 saturated heterocycles. The van der Waals surface area contributed by atoms with Crippen LogP contribution >= 0.6 is 0 Å². The first-order valence-corrected chi connectivity index (χ1v) is 2.51. The molecular formula is H6B4O6. The molecule has 1 rings (SSSR count). The van der Waals surface area contributed by atoms with Gasteiger partial charge >= 0.3 is 30.4 Å². The van der Waals surface area contributed by atoms with Gasteiger partial charge in [-0.05, 0) is 0 Å². The minimum absolute atomic E-state index is 0.375. The van der Waals surface area contributed by atoms with Crippen molar-refractivity contribution in [1.82, 2.24) is 0 Å². The molecule has 0 aromatic rings. The highest BCUT2D eigenvalue weighted by Crippen LogP contribution is 1.78. The molecule has 0 radical (unpaired) electrons.